The van der Waals surface area contributed by atoms with Crippen molar-refractivity contribution in [1.82, 2.24) is 0 Å². The van der Waals surface area contributed by atoms with Gasteiger partial charge < -0.3 is 16.2 Å². The highest BCUT2D eigenvalue weighted by molar-refractivity contribution is 5.66. The molecule has 0 bridgehead atoms. The van der Waals surface area contributed by atoms with Gasteiger partial charge in [-0.2, -0.15) is 0 Å². The summed E-state index contributed by atoms with van der Waals surface area (Å²) < 4.78 is 12.7. The van der Waals surface area contributed by atoms with Gasteiger partial charge in [-0.3, -0.25) is 0 Å². The number of rotatable bonds is 4. The van der Waals surface area contributed by atoms with Crippen LogP contribution in [-0.4, -0.2) is 17.3 Å². The maximum atomic E-state index is 12.7. The lowest BCUT2D eigenvalue weighted by atomic mass is 10.1. The first-order chi connectivity index (χ1) is 6.99. The fourth-order valence-corrected chi connectivity index (χ4v) is 1.50. The molecule has 2 atom stereocenters. The Bertz CT molecular complexity index is 328. The van der Waals surface area contributed by atoms with Crippen LogP contribution in [0.2, 0.25) is 0 Å². The van der Waals surface area contributed by atoms with Crippen molar-refractivity contribution in [2.75, 3.05) is 11.1 Å². The van der Waals surface area contributed by atoms with Gasteiger partial charge in [0.1, 0.15) is 5.82 Å². The monoisotopic (exact) mass is 212 g/mol. The molecular formula is C11H17FN2O. The van der Waals surface area contributed by atoms with Gasteiger partial charge in [0.15, 0.2) is 0 Å². The highest BCUT2D eigenvalue weighted by Crippen LogP contribution is 2.20. The topological polar surface area (TPSA) is 58.3 Å². The van der Waals surface area contributed by atoms with Gasteiger partial charge in [0.05, 0.1) is 17.5 Å². The van der Waals surface area contributed by atoms with E-state index in [2.05, 4.69) is 5.32 Å². The van der Waals surface area contributed by atoms with Crippen molar-refractivity contribution < 1.29 is 9.50 Å². The summed E-state index contributed by atoms with van der Waals surface area (Å²) >= 11 is 0. The molecule has 0 saturated carbocycles. The Morgan fingerprint density at radius 1 is 1.47 bits per heavy atom. The molecule has 1 aromatic carbocycles. The van der Waals surface area contributed by atoms with E-state index in [0.29, 0.717) is 17.8 Å². The van der Waals surface area contributed by atoms with Crippen molar-refractivity contribution >= 4 is 11.4 Å². The average molecular weight is 212 g/mol. The lowest BCUT2D eigenvalue weighted by molar-refractivity contribution is 0.179. The Morgan fingerprint density at radius 3 is 2.67 bits per heavy atom. The lowest BCUT2D eigenvalue weighted by Crippen LogP contribution is -2.21. The summed E-state index contributed by atoms with van der Waals surface area (Å²) in [5, 5.41) is 12.3. The van der Waals surface area contributed by atoms with Gasteiger partial charge >= 0.3 is 0 Å². The first-order valence-electron chi connectivity index (χ1n) is 4.98. The molecule has 0 aliphatic carbocycles. The van der Waals surface area contributed by atoms with Crippen LogP contribution in [0.4, 0.5) is 15.8 Å². The summed E-state index contributed by atoms with van der Waals surface area (Å²) in [6.45, 7) is 3.67. The second-order valence-electron chi connectivity index (χ2n) is 3.86. The molecule has 4 heteroatoms. The summed E-state index contributed by atoms with van der Waals surface area (Å²) in [6.07, 6.45) is 0.255. The van der Waals surface area contributed by atoms with Crippen LogP contribution in [0.5, 0.6) is 0 Å². The maximum Gasteiger partial charge on any atom is 0.125 e. The second kappa shape index (κ2) is 4.98. The number of hydrogen-bond acceptors (Lipinski definition) is 3. The van der Waals surface area contributed by atoms with Gasteiger partial charge in [-0.05, 0) is 38.5 Å². The van der Waals surface area contributed by atoms with Gasteiger partial charge in [-0.1, -0.05) is 0 Å². The standard InChI is InChI=1S/C11H17FN2O/c1-7(5-8(2)15)14-11-4-3-9(12)6-10(11)13/h3-4,6-8,14-15H,5,13H2,1-2H3. The molecule has 84 valence electrons. The van der Waals surface area contributed by atoms with Crippen LogP contribution in [0.15, 0.2) is 18.2 Å². The van der Waals surface area contributed by atoms with E-state index >= 15 is 0 Å². The zero-order valence-electron chi connectivity index (χ0n) is 9.00. The van der Waals surface area contributed by atoms with Crippen LogP contribution in [0.1, 0.15) is 20.3 Å². The Labute approximate surface area is 89.1 Å². The number of nitrogen functional groups attached to an aromatic ring is 1. The van der Waals surface area contributed by atoms with E-state index in [9.17, 15) is 9.50 Å². The highest BCUT2D eigenvalue weighted by Gasteiger charge is 2.07. The molecule has 0 saturated heterocycles. The number of benzene rings is 1. The minimum absolute atomic E-state index is 0.0951. The normalized spacial score (nSPS) is 14.7. The summed E-state index contributed by atoms with van der Waals surface area (Å²) in [6, 6.07) is 4.33. The summed E-state index contributed by atoms with van der Waals surface area (Å²) in [7, 11) is 0. The molecule has 0 aromatic heterocycles. The molecule has 0 aliphatic heterocycles. The zero-order valence-corrected chi connectivity index (χ0v) is 9.00. The maximum absolute atomic E-state index is 12.7. The van der Waals surface area contributed by atoms with Crippen LogP contribution in [0.25, 0.3) is 0 Å². The minimum atomic E-state index is -0.367. The molecule has 0 radical (unpaired) electrons. The molecule has 4 N–H and O–H groups in total. The van der Waals surface area contributed by atoms with E-state index in [4.69, 9.17) is 5.73 Å². The lowest BCUT2D eigenvalue weighted by Gasteiger charge is -2.17. The molecule has 0 aliphatic rings. The third-order valence-electron chi connectivity index (χ3n) is 2.11. The number of hydrogen-bond donors (Lipinski definition) is 3. The van der Waals surface area contributed by atoms with Gasteiger partial charge in [-0.15, -0.1) is 0 Å². The van der Waals surface area contributed by atoms with Gasteiger partial charge in [-0.25, -0.2) is 4.39 Å². The highest BCUT2D eigenvalue weighted by atomic mass is 19.1. The molecule has 0 fully saturated rings. The van der Waals surface area contributed by atoms with Crippen LogP contribution >= 0.6 is 0 Å². The first-order valence-corrected chi connectivity index (χ1v) is 4.98. The quantitative estimate of drug-likeness (QED) is 0.669. The number of anilines is 2. The molecule has 0 amide bonds. The van der Waals surface area contributed by atoms with E-state index in [-0.39, 0.29) is 18.0 Å². The Balaban J connectivity index is 2.64. The molecule has 1 rings (SSSR count). The number of nitrogens with one attached hydrogen (secondary N) is 1. The number of nitrogens with two attached hydrogens (primary N) is 1. The van der Waals surface area contributed by atoms with Gasteiger partial charge in [0.2, 0.25) is 0 Å². The van der Waals surface area contributed by atoms with E-state index in [0.717, 1.165) is 0 Å². The Kier molecular flexibility index (Phi) is 3.91. The van der Waals surface area contributed by atoms with Crippen LogP contribution < -0.4 is 11.1 Å². The summed E-state index contributed by atoms with van der Waals surface area (Å²) in [5.41, 5.74) is 6.72. The van der Waals surface area contributed by atoms with Gasteiger partial charge in [0.25, 0.3) is 0 Å². The predicted molar refractivity (Wildman–Crippen MR) is 60.2 cm³/mol. The van der Waals surface area contributed by atoms with Crippen molar-refractivity contribution in [3.8, 4) is 0 Å². The number of aliphatic hydroxyl groups is 1. The molecule has 0 heterocycles. The largest absolute Gasteiger partial charge is 0.397 e. The SMILES string of the molecule is CC(O)CC(C)Nc1ccc(F)cc1N. The molecule has 1 aromatic rings. The molecular weight excluding hydrogens is 195 g/mol. The zero-order chi connectivity index (χ0) is 11.4. The Morgan fingerprint density at radius 2 is 2.13 bits per heavy atom. The number of halogens is 1. The third-order valence-corrected chi connectivity index (χ3v) is 2.11. The smallest absolute Gasteiger partial charge is 0.125 e. The van der Waals surface area contributed by atoms with E-state index in [1.807, 2.05) is 6.92 Å². The van der Waals surface area contributed by atoms with Crippen LogP contribution in [0, 0.1) is 5.82 Å². The summed E-state index contributed by atoms with van der Waals surface area (Å²) in [4.78, 5) is 0. The third kappa shape index (κ3) is 3.75. The molecule has 2 unspecified atom stereocenters. The van der Waals surface area contributed by atoms with Crippen LogP contribution in [-0.2, 0) is 0 Å². The fraction of sp³-hybridized carbons (Fsp3) is 0.455. The van der Waals surface area contributed by atoms with E-state index < -0.39 is 0 Å². The molecule has 3 nitrogen and oxygen atoms in total. The number of aliphatic hydroxyl groups excluding tert-OH is 1. The van der Waals surface area contributed by atoms with Crippen molar-refractivity contribution in [3.05, 3.63) is 24.0 Å². The first kappa shape index (κ1) is 11.8. The van der Waals surface area contributed by atoms with Gasteiger partial charge in [0, 0.05) is 6.04 Å². The fourth-order valence-electron chi connectivity index (χ4n) is 1.50. The molecule has 15 heavy (non-hydrogen) atoms. The van der Waals surface area contributed by atoms with E-state index in [1.54, 1.807) is 13.0 Å². The van der Waals surface area contributed by atoms with E-state index in [1.165, 1.54) is 12.1 Å². The second-order valence-corrected chi connectivity index (χ2v) is 3.86. The molecule has 0 spiro atoms. The minimum Gasteiger partial charge on any atom is -0.397 e. The van der Waals surface area contributed by atoms with Crippen molar-refractivity contribution in [3.63, 3.8) is 0 Å². The van der Waals surface area contributed by atoms with Crippen molar-refractivity contribution in [2.45, 2.75) is 32.4 Å². The Hall–Kier alpha value is -1.29. The van der Waals surface area contributed by atoms with Crippen LogP contribution in [0.3, 0.4) is 0 Å². The summed E-state index contributed by atoms with van der Waals surface area (Å²) in [5.74, 6) is -0.346. The predicted octanol–water partition coefficient (Wildman–Crippen LogP) is 1.98. The van der Waals surface area contributed by atoms with Crippen molar-refractivity contribution in [2.24, 2.45) is 0 Å². The average Bonchev–Trinajstić information content (AvgIpc) is 2.08. The van der Waals surface area contributed by atoms with Crippen molar-refractivity contribution in [1.29, 1.82) is 0 Å².